The van der Waals surface area contributed by atoms with Crippen LogP contribution in [0.25, 0.3) is 0 Å². The number of rotatable bonds is 17. The zero-order valence-electron chi connectivity index (χ0n) is 25.0. The van der Waals surface area contributed by atoms with Crippen LogP contribution >= 0.6 is 7.60 Å². The lowest BCUT2D eigenvalue weighted by atomic mass is 10.2. The second-order valence-corrected chi connectivity index (χ2v) is 11.1. The third-order valence-corrected chi connectivity index (χ3v) is 6.31. The molecule has 244 valence electrons. The molecule has 0 fully saturated rings. The Labute approximate surface area is 254 Å². The number of carbonyl (C=O) groups is 6. The van der Waals surface area contributed by atoms with Gasteiger partial charge in [0.1, 0.15) is 31.4 Å². The molecule has 1 aromatic rings. The largest absolute Gasteiger partial charge is 0.445 e. The zero-order chi connectivity index (χ0) is 33.3. The smallest absolute Gasteiger partial charge is 0.407 e. The van der Waals surface area contributed by atoms with E-state index in [4.69, 9.17) is 14.5 Å². The predicted molar refractivity (Wildman–Crippen MR) is 160 cm³/mol. The number of hydrogen-bond donors (Lipinski definition) is 7. The van der Waals surface area contributed by atoms with E-state index < -0.39 is 55.6 Å². The number of ether oxygens (including phenoxy) is 1. The van der Waals surface area contributed by atoms with E-state index in [1.807, 2.05) is 0 Å². The molecule has 0 aliphatic rings. The molecule has 2 unspecified atom stereocenters. The Hall–Kier alpha value is -4.34. The lowest BCUT2D eigenvalue weighted by molar-refractivity contribution is -0.130. The fraction of sp³-hybridized carbons (Fsp3) is 0.500. The molecule has 1 rings (SSSR count). The molecule has 18 heteroatoms. The molecule has 0 saturated heterocycles. The van der Waals surface area contributed by atoms with Crippen LogP contribution in [0.3, 0.4) is 0 Å². The van der Waals surface area contributed by atoms with E-state index in [1.54, 1.807) is 31.2 Å². The first-order valence-electron chi connectivity index (χ1n) is 13.5. The lowest BCUT2D eigenvalue weighted by Gasteiger charge is -2.23. The second-order valence-electron chi connectivity index (χ2n) is 9.49. The number of hydrogen-bond acceptors (Lipinski definition) is 9. The van der Waals surface area contributed by atoms with Gasteiger partial charge in [0, 0.05) is 38.8 Å². The van der Waals surface area contributed by atoms with Gasteiger partial charge in [-0.3, -0.25) is 33.5 Å². The number of amides is 6. The van der Waals surface area contributed by atoms with Gasteiger partial charge in [0.25, 0.3) is 0 Å². The maximum atomic E-state index is 12.5. The molecule has 17 nitrogen and oxygen atoms in total. The van der Waals surface area contributed by atoms with E-state index in [-0.39, 0.29) is 45.2 Å². The molecule has 0 spiro atoms. The van der Waals surface area contributed by atoms with Gasteiger partial charge in [-0.05, 0) is 44.7 Å². The molecule has 0 aliphatic carbocycles. The summed E-state index contributed by atoms with van der Waals surface area (Å²) in [5, 5.41) is 12.6. The van der Waals surface area contributed by atoms with Crippen LogP contribution < -0.4 is 26.6 Å². The van der Waals surface area contributed by atoms with E-state index in [2.05, 4.69) is 31.6 Å². The average Bonchev–Trinajstić information content (AvgIpc) is 2.93. The summed E-state index contributed by atoms with van der Waals surface area (Å²) in [6.45, 7) is 5.57. The van der Waals surface area contributed by atoms with Crippen LogP contribution in [0, 0.1) is 0 Å². The first kappa shape index (κ1) is 37.7. The summed E-state index contributed by atoms with van der Waals surface area (Å²) in [6, 6.07) is 4.57. The number of alkyl carbamates (subject to hydrolysis) is 1. The Morgan fingerprint density at radius 2 is 1.55 bits per heavy atom. The van der Waals surface area contributed by atoms with Crippen LogP contribution in [0.1, 0.15) is 33.3 Å². The Morgan fingerprint density at radius 3 is 2.11 bits per heavy atom. The highest BCUT2D eigenvalue weighted by atomic mass is 31.2. The summed E-state index contributed by atoms with van der Waals surface area (Å²) in [6.07, 6.45) is -0.339. The van der Waals surface area contributed by atoms with Crippen LogP contribution in [0.15, 0.2) is 29.3 Å². The van der Waals surface area contributed by atoms with Crippen molar-refractivity contribution in [3.63, 3.8) is 0 Å². The maximum Gasteiger partial charge on any atom is 0.407 e. The fourth-order valence-electron chi connectivity index (χ4n) is 3.36. The molecule has 0 saturated carbocycles. The quantitative estimate of drug-likeness (QED) is 0.0816. The van der Waals surface area contributed by atoms with Gasteiger partial charge in [-0.15, -0.1) is 0 Å². The van der Waals surface area contributed by atoms with Gasteiger partial charge in [0.05, 0.1) is 0 Å². The van der Waals surface area contributed by atoms with Gasteiger partial charge in [-0.1, -0.05) is 12.1 Å². The Morgan fingerprint density at radius 1 is 0.955 bits per heavy atom. The van der Waals surface area contributed by atoms with Crippen molar-refractivity contribution in [2.75, 3.05) is 44.2 Å². The van der Waals surface area contributed by atoms with Crippen molar-refractivity contribution in [3.05, 3.63) is 29.8 Å². The van der Waals surface area contributed by atoms with E-state index in [0.717, 1.165) is 4.90 Å². The van der Waals surface area contributed by atoms with Crippen molar-refractivity contribution in [1.82, 2.24) is 26.2 Å². The van der Waals surface area contributed by atoms with Gasteiger partial charge in [-0.2, -0.15) is 0 Å². The topological polar surface area (TPSA) is 245 Å². The molecule has 2 atom stereocenters. The van der Waals surface area contributed by atoms with Gasteiger partial charge >= 0.3 is 13.7 Å². The van der Waals surface area contributed by atoms with E-state index in [0.29, 0.717) is 11.3 Å². The third kappa shape index (κ3) is 16.3. The molecular weight excluding hydrogens is 601 g/mol. The Balaban J connectivity index is 2.50. The van der Waals surface area contributed by atoms with E-state index in [1.165, 1.54) is 27.0 Å². The van der Waals surface area contributed by atoms with Crippen molar-refractivity contribution >= 4 is 55.1 Å². The molecule has 1 aromatic carbocycles. The highest BCUT2D eigenvalue weighted by molar-refractivity contribution is 7.52. The minimum Gasteiger partial charge on any atom is -0.445 e. The minimum atomic E-state index is -4.60. The monoisotopic (exact) mass is 641 g/mol. The molecule has 6 amide bonds. The number of anilines is 1. The third-order valence-electron chi connectivity index (χ3n) is 5.63. The molecule has 0 heterocycles. The molecule has 0 aromatic heterocycles. The highest BCUT2D eigenvalue weighted by Gasteiger charge is 2.24. The SMILES string of the molecule is CC=NCC(=O)NC(C)C(=O)NC(C)C(=O)Nc1ccc(COC(=O)NCCN(CCNC(C)=O)C(=O)CP(=O)(O)O)cc1. The summed E-state index contributed by atoms with van der Waals surface area (Å²) in [7, 11) is -4.60. The normalized spacial score (nSPS) is 12.4. The van der Waals surface area contributed by atoms with Crippen molar-refractivity contribution in [1.29, 1.82) is 0 Å². The van der Waals surface area contributed by atoms with Crippen LogP contribution in [0.4, 0.5) is 10.5 Å². The number of benzene rings is 1. The van der Waals surface area contributed by atoms with E-state index >= 15 is 0 Å². The van der Waals surface area contributed by atoms with Crippen molar-refractivity contribution in [2.45, 2.75) is 46.4 Å². The Kier molecular flexibility index (Phi) is 16.3. The predicted octanol–water partition coefficient (Wildman–Crippen LogP) is -0.906. The van der Waals surface area contributed by atoms with Crippen molar-refractivity contribution < 1.29 is 47.9 Å². The van der Waals surface area contributed by atoms with Crippen LogP contribution in [0.5, 0.6) is 0 Å². The summed E-state index contributed by atoms with van der Waals surface area (Å²) in [5.41, 5.74) is 1.01. The molecule has 0 bridgehead atoms. The number of nitrogens with one attached hydrogen (secondary N) is 5. The highest BCUT2D eigenvalue weighted by Crippen LogP contribution is 2.34. The molecular formula is C26H40N7O10P. The standard InChI is InChI=1S/C26H40N7O10P/c1-5-27-14-22(35)30-17(2)24(37)31-18(3)25(38)32-21-8-6-20(7-9-21)15-43-26(39)29-11-13-33(12-10-28-19(4)34)23(36)16-44(40,41)42/h5-9,17-18H,10-16H2,1-4H3,(H,28,34)(H,29,39)(H,30,35)(H,31,37)(H,32,38)(H2,40,41,42). The second kappa shape index (κ2) is 19.0. The van der Waals surface area contributed by atoms with Gasteiger partial charge in [-0.25, -0.2) is 4.79 Å². The first-order chi connectivity index (χ1) is 20.6. The van der Waals surface area contributed by atoms with Gasteiger partial charge in [0.2, 0.25) is 29.5 Å². The van der Waals surface area contributed by atoms with E-state index in [9.17, 15) is 33.3 Å². The van der Waals surface area contributed by atoms with Gasteiger partial charge in [0.15, 0.2) is 0 Å². The van der Waals surface area contributed by atoms with Crippen LogP contribution in [0.2, 0.25) is 0 Å². The van der Waals surface area contributed by atoms with Gasteiger partial charge < -0.3 is 46.0 Å². The molecule has 0 aliphatic heterocycles. The van der Waals surface area contributed by atoms with Crippen molar-refractivity contribution in [3.8, 4) is 0 Å². The summed E-state index contributed by atoms with van der Waals surface area (Å²) in [5.74, 6) is -2.65. The average molecular weight is 642 g/mol. The molecule has 7 N–H and O–H groups in total. The zero-order valence-corrected chi connectivity index (χ0v) is 25.9. The van der Waals surface area contributed by atoms with Crippen LogP contribution in [-0.4, -0.2) is 107 Å². The molecule has 44 heavy (non-hydrogen) atoms. The number of carbonyl (C=O) groups excluding carboxylic acids is 6. The molecule has 0 radical (unpaired) electrons. The number of nitrogens with zero attached hydrogens (tertiary/aromatic N) is 2. The van der Waals surface area contributed by atoms with Crippen molar-refractivity contribution in [2.24, 2.45) is 4.99 Å². The number of aliphatic imine (C=N–C) groups is 1. The maximum absolute atomic E-state index is 12.5. The van der Waals surface area contributed by atoms with Crippen LogP contribution in [-0.2, 0) is 39.9 Å². The Bertz CT molecular complexity index is 1240. The first-order valence-corrected chi connectivity index (χ1v) is 15.3. The summed E-state index contributed by atoms with van der Waals surface area (Å²) < 4.78 is 16.3. The summed E-state index contributed by atoms with van der Waals surface area (Å²) in [4.78, 5) is 94.9. The fourth-order valence-corrected chi connectivity index (χ4v) is 3.92. The summed E-state index contributed by atoms with van der Waals surface area (Å²) >= 11 is 0. The minimum absolute atomic E-state index is 0.0183. The lowest BCUT2D eigenvalue weighted by Crippen LogP contribution is -2.50.